The van der Waals surface area contributed by atoms with Gasteiger partial charge in [-0.25, -0.2) is 0 Å². The number of carbonyl (C=O) groups excluding carboxylic acids is 1. The third-order valence-corrected chi connectivity index (χ3v) is 3.39. The maximum atomic E-state index is 12.4. The number of nitrogens with zero attached hydrogens (tertiary/aromatic N) is 2. The molecule has 0 spiro atoms. The summed E-state index contributed by atoms with van der Waals surface area (Å²) in [7, 11) is 0. The number of aromatic nitrogens is 1. The molecule has 0 saturated carbocycles. The van der Waals surface area contributed by atoms with Gasteiger partial charge in [0.25, 0.3) is 5.91 Å². The van der Waals surface area contributed by atoms with Gasteiger partial charge in [0.05, 0.1) is 24.0 Å². The molecule has 0 N–H and O–H groups in total. The van der Waals surface area contributed by atoms with Crippen molar-refractivity contribution >= 4 is 5.91 Å². The van der Waals surface area contributed by atoms with Crippen molar-refractivity contribution in [1.29, 1.82) is 0 Å². The van der Waals surface area contributed by atoms with Crippen molar-refractivity contribution in [1.82, 2.24) is 9.88 Å². The van der Waals surface area contributed by atoms with E-state index in [1.807, 2.05) is 18.7 Å². The molecule has 19 heavy (non-hydrogen) atoms. The number of pyridine rings is 1. The maximum Gasteiger partial charge on any atom is 0.255 e. The van der Waals surface area contributed by atoms with E-state index in [1.165, 1.54) is 0 Å². The molecule has 5 heteroatoms. The fraction of sp³-hybridized carbons (Fsp3) is 0.571. The number of hydrogen-bond donors (Lipinski definition) is 0. The lowest BCUT2D eigenvalue weighted by Gasteiger charge is -2.24. The topological polar surface area (TPSA) is 55.0 Å². The first-order valence-electron chi connectivity index (χ1n) is 6.70. The quantitative estimate of drug-likeness (QED) is 0.774. The maximum absolute atomic E-state index is 12.4. The van der Waals surface area contributed by atoms with Crippen LogP contribution in [-0.4, -0.2) is 47.2 Å². The van der Waals surface area contributed by atoms with Crippen molar-refractivity contribution in [2.75, 3.05) is 13.1 Å². The molecule has 5 nitrogen and oxygen atoms in total. The number of ether oxygens (including phenoxy) is 2. The van der Waals surface area contributed by atoms with Crippen LogP contribution in [0.15, 0.2) is 18.5 Å². The second-order valence-corrected chi connectivity index (χ2v) is 5.33. The highest BCUT2D eigenvalue weighted by Crippen LogP contribution is 2.31. The highest BCUT2D eigenvalue weighted by molar-refractivity contribution is 5.94. The molecule has 102 valence electrons. The van der Waals surface area contributed by atoms with Gasteiger partial charge in [0, 0.05) is 19.3 Å². The van der Waals surface area contributed by atoms with Crippen molar-refractivity contribution in [2.24, 2.45) is 0 Å². The predicted molar refractivity (Wildman–Crippen MR) is 69.2 cm³/mol. The molecule has 0 aliphatic carbocycles. The van der Waals surface area contributed by atoms with Crippen molar-refractivity contribution < 1.29 is 14.3 Å². The van der Waals surface area contributed by atoms with Gasteiger partial charge in [-0.15, -0.1) is 0 Å². The molecule has 2 aliphatic heterocycles. The average molecular weight is 262 g/mol. The van der Waals surface area contributed by atoms with Gasteiger partial charge < -0.3 is 14.4 Å². The van der Waals surface area contributed by atoms with E-state index in [0.29, 0.717) is 24.0 Å². The number of piperidine rings is 1. The Morgan fingerprint density at radius 1 is 1.47 bits per heavy atom. The van der Waals surface area contributed by atoms with E-state index in [4.69, 9.17) is 9.47 Å². The van der Waals surface area contributed by atoms with E-state index < -0.39 is 0 Å². The fourth-order valence-corrected chi connectivity index (χ4v) is 2.42. The molecule has 1 aromatic rings. The van der Waals surface area contributed by atoms with Gasteiger partial charge >= 0.3 is 0 Å². The van der Waals surface area contributed by atoms with Crippen LogP contribution in [0.1, 0.15) is 30.6 Å². The Morgan fingerprint density at radius 2 is 2.32 bits per heavy atom. The van der Waals surface area contributed by atoms with Crippen LogP contribution in [-0.2, 0) is 4.74 Å². The van der Waals surface area contributed by atoms with Gasteiger partial charge in [0.15, 0.2) is 0 Å². The molecule has 3 rings (SSSR count). The van der Waals surface area contributed by atoms with E-state index in [9.17, 15) is 4.79 Å². The molecule has 2 aliphatic rings. The van der Waals surface area contributed by atoms with Gasteiger partial charge in [-0.1, -0.05) is 0 Å². The first-order chi connectivity index (χ1) is 9.13. The van der Waals surface area contributed by atoms with E-state index in [0.717, 1.165) is 13.0 Å². The first kappa shape index (κ1) is 12.4. The van der Waals surface area contributed by atoms with Crippen molar-refractivity contribution in [3.05, 3.63) is 24.0 Å². The van der Waals surface area contributed by atoms with E-state index in [1.54, 1.807) is 18.5 Å². The standard InChI is InChI=1S/C14H18N2O3/c1-9(2)18-11-5-10(6-15-7-11)14(17)16-4-3-12-13(8-16)19-12/h5-7,9,12-13H,3-4,8H2,1-2H3/t12-,13-/m0/s1. The molecule has 1 aromatic heterocycles. The Bertz CT molecular complexity index is 489. The molecular weight excluding hydrogens is 244 g/mol. The molecule has 0 radical (unpaired) electrons. The first-order valence-corrected chi connectivity index (χ1v) is 6.70. The molecular formula is C14H18N2O3. The molecule has 0 aromatic carbocycles. The Morgan fingerprint density at radius 3 is 3.05 bits per heavy atom. The molecule has 2 atom stereocenters. The third-order valence-electron chi connectivity index (χ3n) is 3.39. The summed E-state index contributed by atoms with van der Waals surface area (Å²) in [6, 6.07) is 1.76. The second kappa shape index (κ2) is 4.81. The molecule has 0 unspecified atom stereocenters. The van der Waals surface area contributed by atoms with Gasteiger partial charge in [0.2, 0.25) is 0 Å². The van der Waals surface area contributed by atoms with Gasteiger partial charge in [-0.2, -0.15) is 0 Å². The van der Waals surface area contributed by atoms with E-state index in [-0.39, 0.29) is 18.1 Å². The summed E-state index contributed by atoms with van der Waals surface area (Å²) in [5.41, 5.74) is 0.581. The third kappa shape index (κ3) is 2.71. The summed E-state index contributed by atoms with van der Waals surface area (Å²) in [6.07, 6.45) is 4.87. The summed E-state index contributed by atoms with van der Waals surface area (Å²) in [6.45, 7) is 5.35. The number of hydrogen-bond acceptors (Lipinski definition) is 4. The fourth-order valence-electron chi connectivity index (χ4n) is 2.42. The number of epoxide rings is 1. The van der Waals surface area contributed by atoms with Crippen molar-refractivity contribution in [2.45, 2.75) is 38.6 Å². The summed E-state index contributed by atoms with van der Waals surface area (Å²) in [4.78, 5) is 18.3. The van der Waals surface area contributed by atoms with E-state index >= 15 is 0 Å². The molecule has 2 fully saturated rings. The molecule has 3 heterocycles. The Labute approximate surface area is 112 Å². The monoisotopic (exact) mass is 262 g/mol. The summed E-state index contributed by atoms with van der Waals surface area (Å²) in [5.74, 6) is 0.647. The lowest BCUT2D eigenvalue weighted by atomic mass is 10.1. The highest BCUT2D eigenvalue weighted by Gasteiger charge is 2.44. The number of amides is 1. The van der Waals surface area contributed by atoms with Gasteiger partial charge in [-0.05, 0) is 26.3 Å². The zero-order chi connectivity index (χ0) is 13.4. The van der Waals surface area contributed by atoms with Crippen molar-refractivity contribution in [3.8, 4) is 5.75 Å². The SMILES string of the molecule is CC(C)Oc1cncc(C(=O)N2CC[C@@H]3O[C@H]3C2)c1. The summed E-state index contributed by atoms with van der Waals surface area (Å²) >= 11 is 0. The zero-order valence-corrected chi connectivity index (χ0v) is 11.2. The number of likely N-dealkylation sites (tertiary alicyclic amines) is 1. The average Bonchev–Trinajstić information content (AvgIpc) is 3.15. The van der Waals surface area contributed by atoms with Crippen molar-refractivity contribution in [3.63, 3.8) is 0 Å². The number of carbonyl (C=O) groups is 1. The van der Waals surface area contributed by atoms with Gasteiger partial charge in [0.1, 0.15) is 11.9 Å². The smallest absolute Gasteiger partial charge is 0.255 e. The van der Waals surface area contributed by atoms with Crippen LogP contribution in [0.5, 0.6) is 5.75 Å². The molecule has 2 saturated heterocycles. The second-order valence-electron chi connectivity index (χ2n) is 5.33. The minimum atomic E-state index is 0.00987. The molecule has 0 bridgehead atoms. The van der Waals surface area contributed by atoms with Crippen LogP contribution in [0.3, 0.4) is 0 Å². The predicted octanol–water partition coefficient (Wildman–Crippen LogP) is 1.48. The highest BCUT2D eigenvalue weighted by atomic mass is 16.6. The van der Waals surface area contributed by atoms with Crippen LogP contribution >= 0.6 is 0 Å². The lowest BCUT2D eigenvalue weighted by molar-refractivity contribution is 0.0735. The van der Waals surface area contributed by atoms with Crippen LogP contribution in [0, 0.1) is 0 Å². The Balaban J connectivity index is 1.71. The molecule has 1 amide bonds. The van der Waals surface area contributed by atoms with Crippen LogP contribution in [0.4, 0.5) is 0 Å². The number of fused-ring (bicyclic) bond motifs is 1. The van der Waals surface area contributed by atoms with Crippen LogP contribution < -0.4 is 4.74 Å². The Kier molecular flexibility index (Phi) is 3.14. The Hall–Kier alpha value is -1.62. The van der Waals surface area contributed by atoms with Gasteiger partial charge in [-0.3, -0.25) is 9.78 Å². The minimum Gasteiger partial charge on any atom is -0.489 e. The summed E-state index contributed by atoms with van der Waals surface area (Å²) < 4.78 is 11.0. The largest absolute Gasteiger partial charge is 0.489 e. The van der Waals surface area contributed by atoms with Crippen LogP contribution in [0.2, 0.25) is 0 Å². The zero-order valence-electron chi connectivity index (χ0n) is 11.2. The normalized spacial score (nSPS) is 25.1. The van der Waals surface area contributed by atoms with Crippen LogP contribution in [0.25, 0.3) is 0 Å². The summed E-state index contributed by atoms with van der Waals surface area (Å²) in [5, 5.41) is 0. The lowest BCUT2D eigenvalue weighted by Crippen LogP contribution is -2.39. The van der Waals surface area contributed by atoms with E-state index in [2.05, 4.69) is 4.98 Å². The number of rotatable bonds is 3. The minimum absolute atomic E-state index is 0.00987.